The maximum atomic E-state index is 13.5. The molecule has 334 valence electrons. The number of anilines is 2. The van der Waals surface area contributed by atoms with Crippen LogP contribution < -0.4 is 20.8 Å². The molecule has 12 nitrogen and oxygen atoms in total. The van der Waals surface area contributed by atoms with Gasteiger partial charge in [0, 0.05) is 82.0 Å². The van der Waals surface area contributed by atoms with Gasteiger partial charge in [-0.25, -0.2) is 4.79 Å². The minimum Gasteiger partial charge on any atom is -0.508 e. The lowest BCUT2D eigenvalue weighted by atomic mass is 9.49. The Morgan fingerprint density at radius 1 is 0.866 bits per heavy atom. The number of aromatic hydroxyl groups is 2. The SMILES string of the molecule is O=C(O)c1cc(NC(=S)Nc2cccc(Cn3c4c(c5ccccc53)C[C@@]3(O)[C@H]5Cc6ccc(O)c7c6[C@@]3(CCN5CC3CC3)[C@H]4O7)c2)ccc1-c1c2ccc(=O)cc-2oc2cc(O)ccc12. The number of rotatable bonds is 8. The van der Waals surface area contributed by atoms with Crippen molar-refractivity contribution in [3.8, 4) is 39.7 Å². The number of nitrogens with one attached hydrogen (secondary N) is 2. The first-order valence-corrected chi connectivity index (χ1v) is 23.2. The van der Waals surface area contributed by atoms with Crippen LogP contribution in [0.1, 0.15) is 63.7 Å². The fourth-order valence-electron chi connectivity index (χ4n) is 12.4. The lowest BCUT2D eigenvalue weighted by molar-refractivity contribution is -0.173. The molecule has 13 heteroatoms. The summed E-state index contributed by atoms with van der Waals surface area (Å²) in [5, 5.41) is 53.9. The number of benzene rings is 6. The molecule has 3 aliphatic heterocycles. The number of carboxylic acids is 1. The Morgan fingerprint density at radius 3 is 2.52 bits per heavy atom. The fourth-order valence-corrected chi connectivity index (χ4v) is 12.6. The van der Waals surface area contributed by atoms with Crippen molar-refractivity contribution < 1.29 is 34.4 Å². The molecule has 4 heterocycles. The van der Waals surface area contributed by atoms with Gasteiger partial charge in [0.25, 0.3) is 0 Å². The van der Waals surface area contributed by atoms with Crippen LogP contribution in [0.15, 0.2) is 124 Å². The van der Waals surface area contributed by atoms with Crippen LogP contribution in [0, 0.1) is 5.92 Å². The van der Waals surface area contributed by atoms with Crippen LogP contribution in [0.5, 0.6) is 17.2 Å². The number of carbonyl (C=O) groups is 1. The largest absolute Gasteiger partial charge is 0.508 e. The number of carboxylic acid groups (broad SMARTS) is 1. The van der Waals surface area contributed by atoms with Gasteiger partial charge >= 0.3 is 5.97 Å². The van der Waals surface area contributed by atoms with E-state index >= 15 is 0 Å². The number of fused-ring (bicyclic) bond motifs is 6. The van der Waals surface area contributed by atoms with Gasteiger partial charge < -0.3 is 44.8 Å². The van der Waals surface area contributed by atoms with Crippen LogP contribution in [-0.4, -0.2) is 65.7 Å². The number of likely N-dealkylation sites (tertiary alicyclic amines) is 1. The fraction of sp³-hybridized carbons (Fsp3) is 0.241. The van der Waals surface area contributed by atoms with Crippen molar-refractivity contribution in [3.63, 3.8) is 0 Å². The van der Waals surface area contributed by atoms with E-state index in [9.17, 15) is 30.0 Å². The highest BCUT2D eigenvalue weighted by atomic mass is 32.1. The number of para-hydroxylation sites is 1. The molecule has 0 radical (unpaired) electrons. The number of aliphatic hydroxyl groups is 1. The second-order valence-corrected chi connectivity index (χ2v) is 19.5. The van der Waals surface area contributed by atoms with Gasteiger partial charge in [-0.2, -0.15) is 0 Å². The zero-order valence-corrected chi connectivity index (χ0v) is 36.9. The predicted molar refractivity (Wildman–Crippen MR) is 259 cm³/mol. The van der Waals surface area contributed by atoms with Crippen molar-refractivity contribution in [2.24, 2.45) is 5.92 Å². The summed E-state index contributed by atoms with van der Waals surface area (Å²) in [6.07, 6.45) is 3.92. The maximum Gasteiger partial charge on any atom is 0.336 e. The number of thiocarbonyl (C=S) groups is 1. The predicted octanol–water partition coefficient (Wildman–Crippen LogP) is 9.19. The van der Waals surface area contributed by atoms with Gasteiger partial charge in [-0.3, -0.25) is 9.69 Å². The zero-order chi connectivity index (χ0) is 45.5. The monoisotopic (exact) mass is 908 g/mol. The lowest BCUT2D eigenvalue weighted by Crippen LogP contribution is -2.74. The summed E-state index contributed by atoms with van der Waals surface area (Å²) in [7, 11) is 0. The summed E-state index contributed by atoms with van der Waals surface area (Å²) in [4.78, 5) is 27.8. The van der Waals surface area contributed by atoms with E-state index in [1.165, 1.54) is 43.2 Å². The van der Waals surface area contributed by atoms with Gasteiger partial charge in [-0.05, 0) is 133 Å². The number of nitrogens with zero attached hydrogens (tertiary/aromatic N) is 2. The number of aromatic carboxylic acids is 1. The van der Waals surface area contributed by atoms with Crippen LogP contribution in [0.4, 0.5) is 11.4 Å². The molecule has 1 aromatic heterocycles. The average Bonchev–Trinajstić information content (AvgIpc) is 3.99. The van der Waals surface area contributed by atoms with E-state index in [-0.39, 0.29) is 39.4 Å². The number of piperidine rings is 1. The third kappa shape index (κ3) is 5.94. The van der Waals surface area contributed by atoms with Crippen LogP contribution in [0.3, 0.4) is 0 Å². The molecule has 1 spiro atoms. The van der Waals surface area contributed by atoms with E-state index in [0.29, 0.717) is 58.0 Å². The number of phenols is 2. The summed E-state index contributed by atoms with van der Waals surface area (Å²) >= 11 is 5.81. The van der Waals surface area contributed by atoms with E-state index in [2.05, 4.69) is 44.4 Å². The number of hydrogen-bond donors (Lipinski definition) is 6. The molecule has 0 unspecified atom stereocenters. The Labute approximate surface area is 389 Å². The van der Waals surface area contributed by atoms with Gasteiger partial charge in [0.15, 0.2) is 28.1 Å². The average molecular weight is 909 g/mol. The van der Waals surface area contributed by atoms with Gasteiger partial charge in [0.05, 0.1) is 22.3 Å². The molecule has 4 atom stereocenters. The van der Waals surface area contributed by atoms with Crippen molar-refractivity contribution >= 4 is 56.5 Å². The molecular weight excluding hydrogens is 865 g/mol. The van der Waals surface area contributed by atoms with Crippen molar-refractivity contribution in [2.45, 2.75) is 61.8 Å². The van der Waals surface area contributed by atoms with Crippen LogP contribution in [0.25, 0.3) is 44.3 Å². The normalized spacial score (nSPS) is 22.3. The van der Waals surface area contributed by atoms with E-state index in [1.54, 1.807) is 30.3 Å². The number of phenolic OH excluding ortho intramolecular Hbond substituents is 2. The number of aromatic nitrogens is 1. The smallest absolute Gasteiger partial charge is 0.336 e. The first-order valence-electron chi connectivity index (χ1n) is 22.8. The molecule has 6 N–H and O–H groups in total. The van der Waals surface area contributed by atoms with E-state index < -0.39 is 23.1 Å². The van der Waals surface area contributed by atoms with E-state index in [0.717, 1.165) is 70.5 Å². The Balaban J connectivity index is 0.820. The van der Waals surface area contributed by atoms with Crippen molar-refractivity contribution in [3.05, 3.63) is 159 Å². The summed E-state index contributed by atoms with van der Waals surface area (Å²) in [6, 6.07) is 34.1. The van der Waals surface area contributed by atoms with Gasteiger partial charge in [0.2, 0.25) is 0 Å². The topological polar surface area (TPSA) is 170 Å². The van der Waals surface area contributed by atoms with Gasteiger partial charge in [0.1, 0.15) is 17.1 Å². The van der Waals surface area contributed by atoms with E-state index in [4.69, 9.17) is 21.4 Å². The first-order chi connectivity index (χ1) is 32.5. The maximum absolute atomic E-state index is 13.5. The minimum atomic E-state index is -1.16. The highest BCUT2D eigenvalue weighted by molar-refractivity contribution is 7.80. The molecule has 7 aliphatic rings. The quantitative estimate of drug-likeness (QED) is 0.0633. The standard InChI is InChI=1S/C54H44N4O8S/c59-33-12-15-37-43(23-33)65-44-24-34(60)13-16-38(44)46(37)36-14-11-32(22-39(36)51(62)63)56-52(67)55-31-5-3-4-29(20-31)27-58-41-7-2-1-6-35(41)40-25-54(64)45-21-30-10-17-42(61)49-47(30)53(54,50(66-49)48(40)58)18-19-57(45)26-28-8-9-28/h1-7,10-17,20,22-24,28,45,50,59,61,64H,8-9,18-19,21,25-27H2,(H,62,63)(H2,55,56,67)/t45-,50+,53+,54-/m1/s1. The summed E-state index contributed by atoms with van der Waals surface area (Å²) < 4.78 is 15.4. The molecule has 5 aromatic carbocycles. The molecule has 6 aromatic rings. The van der Waals surface area contributed by atoms with Gasteiger partial charge in [-0.15, -0.1) is 0 Å². The summed E-state index contributed by atoms with van der Waals surface area (Å²) in [5.41, 5.74) is 7.22. The minimum absolute atomic E-state index is 0.00327. The molecule has 13 rings (SSSR count). The highest BCUT2D eigenvalue weighted by Crippen LogP contribution is 2.69. The first kappa shape index (κ1) is 40.1. The molecule has 1 saturated carbocycles. The molecule has 4 aliphatic carbocycles. The third-order valence-corrected chi connectivity index (χ3v) is 15.5. The molecule has 2 bridgehead atoms. The van der Waals surface area contributed by atoms with Crippen molar-refractivity contribution in [1.29, 1.82) is 0 Å². The van der Waals surface area contributed by atoms with Gasteiger partial charge in [-0.1, -0.05) is 42.5 Å². The van der Waals surface area contributed by atoms with Crippen molar-refractivity contribution in [2.75, 3.05) is 23.7 Å². The Bertz CT molecular complexity index is 3490. The second kappa shape index (κ2) is 14.4. The number of ether oxygens (including phenoxy) is 1. The summed E-state index contributed by atoms with van der Waals surface area (Å²) in [5.74, 6) is 0.380. The number of hydrogen-bond acceptors (Lipinski definition) is 9. The third-order valence-electron chi connectivity index (χ3n) is 15.3. The Hall–Kier alpha value is -7.19. The Kier molecular flexibility index (Phi) is 8.62. The lowest BCUT2D eigenvalue weighted by Gasteiger charge is -2.63. The highest BCUT2D eigenvalue weighted by Gasteiger charge is 2.73. The molecule has 2 fully saturated rings. The Morgan fingerprint density at radius 2 is 1.69 bits per heavy atom. The van der Waals surface area contributed by atoms with Crippen LogP contribution in [0.2, 0.25) is 0 Å². The molecule has 0 amide bonds. The summed E-state index contributed by atoms with van der Waals surface area (Å²) in [6.45, 7) is 2.37. The zero-order valence-electron chi connectivity index (χ0n) is 36.1. The van der Waals surface area contributed by atoms with Crippen LogP contribution in [-0.2, 0) is 24.8 Å². The second-order valence-electron chi connectivity index (χ2n) is 19.1. The van der Waals surface area contributed by atoms with Crippen LogP contribution >= 0.6 is 12.2 Å². The molecule has 1 saturated heterocycles. The molecular formula is C54H44N4O8S. The van der Waals surface area contributed by atoms with Crippen molar-refractivity contribution in [1.82, 2.24) is 9.47 Å². The molecule has 67 heavy (non-hydrogen) atoms. The van der Waals surface area contributed by atoms with E-state index in [1.807, 2.05) is 30.3 Å².